The summed E-state index contributed by atoms with van der Waals surface area (Å²) in [4.78, 5) is 4.55. The number of thiazole rings is 1. The van der Waals surface area contributed by atoms with E-state index in [9.17, 15) is 0 Å². The predicted molar refractivity (Wildman–Crippen MR) is 101 cm³/mol. The van der Waals surface area contributed by atoms with Crippen LogP contribution >= 0.6 is 22.9 Å². The Labute approximate surface area is 153 Å². The summed E-state index contributed by atoms with van der Waals surface area (Å²) in [6.45, 7) is 2.19. The molecule has 7 heteroatoms. The standard InChI is InChI=1S/C18H14ClN3O2S/c1-11(13-4-7-16-17(8-13)24-10-23-16)21-22-18-20-15(9-25-18)12-2-5-14(19)6-3-12/h2-9H,10H2,1H3,(H,20,22)/b21-11+. The molecule has 4 rings (SSSR count). The van der Waals surface area contributed by atoms with E-state index in [-0.39, 0.29) is 6.79 Å². The average Bonchev–Trinajstić information content (AvgIpc) is 3.29. The Balaban J connectivity index is 1.49. The van der Waals surface area contributed by atoms with Gasteiger partial charge in [-0.15, -0.1) is 11.3 Å². The number of rotatable bonds is 4. The van der Waals surface area contributed by atoms with E-state index in [1.807, 2.05) is 54.8 Å². The fourth-order valence-corrected chi connectivity index (χ4v) is 3.18. The van der Waals surface area contributed by atoms with Crippen molar-refractivity contribution < 1.29 is 9.47 Å². The van der Waals surface area contributed by atoms with Crippen molar-refractivity contribution in [1.29, 1.82) is 0 Å². The Morgan fingerprint density at radius 2 is 1.96 bits per heavy atom. The minimum atomic E-state index is 0.264. The first kappa shape index (κ1) is 15.9. The summed E-state index contributed by atoms with van der Waals surface area (Å²) < 4.78 is 10.7. The van der Waals surface area contributed by atoms with Gasteiger partial charge in [-0.25, -0.2) is 4.98 Å². The maximum atomic E-state index is 5.92. The number of hydrazone groups is 1. The van der Waals surface area contributed by atoms with Crippen molar-refractivity contribution in [2.24, 2.45) is 5.10 Å². The molecule has 3 aromatic rings. The molecule has 2 heterocycles. The molecule has 0 bridgehead atoms. The molecular formula is C18H14ClN3O2S. The van der Waals surface area contributed by atoms with E-state index >= 15 is 0 Å². The first-order valence-corrected chi connectivity index (χ1v) is 8.86. The van der Waals surface area contributed by atoms with Crippen molar-refractivity contribution in [2.45, 2.75) is 6.92 Å². The molecule has 5 nitrogen and oxygen atoms in total. The number of hydrogen-bond donors (Lipinski definition) is 1. The molecule has 2 aromatic carbocycles. The molecule has 0 amide bonds. The topological polar surface area (TPSA) is 55.7 Å². The molecule has 0 saturated heterocycles. The van der Waals surface area contributed by atoms with Crippen LogP contribution in [0.25, 0.3) is 11.3 Å². The molecule has 0 aliphatic carbocycles. The summed E-state index contributed by atoms with van der Waals surface area (Å²) in [6, 6.07) is 13.4. The smallest absolute Gasteiger partial charge is 0.231 e. The number of benzene rings is 2. The number of fused-ring (bicyclic) bond motifs is 1. The molecule has 1 aromatic heterocycles. The van der Waals surface area contributed by atoms with Gasteiger partial charge in [0, 0.05) is 21.5 Å². The summed E-state index contributed by atoms with van der Waals surface area (Å²) in [5.74, 6) is 1.50. The van der Waals surface area contributed by atoms with Crippen LogP contribution in [-0.2, 0) is 0 Å². The second-order valence-corrected chi connectivity index (χ2v) is 6.72. The van der Waals surface area contributed by atoms with Crippen LogP contribution < -0.4 is 14.9 Å². The van der Waals surface area contributed by atoms with Crippen molar-refractivity contribution in [1.82, 2.24) is 4.98 Å². The van der Waals surface area contributed by atoms with Gasteiger partial charge in [-0.3, -0.25) is 5.43 Å². The summed E-state index contributed by atoms with van der Waals surface area (Å²) in [5.41, 5.74) is 6.72. The highest BCUT2D eigenvalue weighted by Gasteiger charge is 2.14. The Hall–Kier alpha value is -2.57. The van der Waals surface area contributed by atoms with Gasteiger partial charge in [0.2, 0.25) is 11.9 Å². The van der Waals surface area contributed by atoms with E-state index in [0.717, 1.165) is 39.2 Å². The third kappa shape index (κ3) is 3.45. The summed E-state index contributed by atoms with van der Waals surface area (Å²) in [5, 5.41) is 7.83. The maximum Gasteiger partial charge on any atom is 0.231 e. The number of ether oxygens (including phenoxy) is 2. The normalized spacial score (nSPS) is 13.1. The van der Waals surface area contributed by atoms with Gasteiger partial charge in [0.1, 0.15) is 0 Å². The molecule has 0 atom stereocenters. The molecule has 1 N–H and O–H groups in total. The van der Waals surface area contributed by atoms with Crippen molar-refractivity contribution in [3.8, 4) is 22.8 Å². The Kier molecular flexibility index (Phi) is 4.29. The van der Waals surface area contributed by atoms with Gasteiger partial charge < -0.3 is 9.47 Å². The van der Waals surface area contributed by atoms with E-state index in [0.29, 0.717) is 5.02 Å². The second kappa shape index (κ2) is 6.74. The van der Waals surface area contributed by atoms with Crippen LogP contribution in [0.2, 0.25) is 5.02 Å². The minimum Gasteiger partial charge on any atom is -0.454 e. The Morgan fingerprint density at radius 3 is 2.80 bits per heavy atom. The lowest BCUT2D eigenvalue weighted by Crippen LogP contribution is -1.99. The van der Waals surface area contributed by atoms with Crippen molar-refractivity contribution in [2.75, 3.05) is 12.2 Å². The van der Waals surface area contributed by atoms with E-state index in [1.54, 1.807) is 0 Å². The molecule has 126 valence electrons. The zero-order chi connectivity index (χ0) is 17.2. The van der Waals surface area contributed by atoms with Crippen LogP contribution in [0, 0.1) is 0 Å². The number of halogens is 1. The Morgan fingerprint density at radius 1 is 1.16 bits per heavy atom. The summed E-state index contributed by atoms with van der Waals surface area (Å²) >= 11 is 7.42. The van der Waals surface area contributed by atoms with Gasteiger partial charge >= 0.3 is 0 Å². The quantitative estimate of drug-likeness (QED) is 0.516. The van der Waals surface area contributed by atoms with E-state index in [4.69, 9.17) is 21.1 Å². The van der Waals surface area contributed by atoms with E-state index in [2.05, 4.69) is 15.5 Å². The average molecular weight is 372 g/mol. The second-order valence-electron chi connectivity index (χ2n) is 5.42. The molecule has 0 spiro atoms. The first-order chi connectivity index (χ1) is 12.2. The van der Waals surface area contributed by atoms with Gasteiger partial charge in [-0.05, 0) is 37.3 Å². The highest BCUT2D eigenvalue weighted by Crippen LogP contribution is 2.32. The van der Waals surface area contributed by atoms with Gasteiger partial charge in [0.05, 0.1) is 11.4 Å². The lowest BCUT2D eigenvalue weighted by atomic mass is 10.1. The van der Waals surface area contributed by atoms with E-state index in [1.165, 1.54) is 11.3 Å². The largest absolute Gasteiger partial charge is 0.454 e. The fraction of sp³-hybridized carbons (Fsp3) is 0.111. The lowest BCUT2D eigenvalue weighted by Gasteiger charge is -2.03. The number of nitrogens with zero attached hydrogens (tertiary/aromatic N) is 2. The van der Waals surface area contributed by atoms with Crippen molar-refractivity contribution in [3.05, 3.63) is 58.4 Å². The third-order valence-electron chi connectivity index (χ3n) is 3.75. The number of aromatic nitrogens is 1. The molecule has 0 fully saturated rings. The molecule has 1 aliphatic heterocycles. The third-order valence-corrected chi connectivity index (χ3v) is 4.75. The fourth-order valence-electron chi connectivity index (χ4n) is 2.40. The van der Waals surface area contributed by atoms with Crippen LogP contribution in [0.3, 0.4) is 0 Å². The lowest BCUT2D eigenvalue weighted by molar-refractivity contribution is 0.174. The van der Waals surface area contributed by atoms with E-state index < -0.39 is 0 Å². The van der Waals surface area contributed by atoms with Crippen molar-refractivity contribution >= 4 is 33.8 Å². The zero-order valence-corrected chi connectivity index (χ0v) is 14.9. The number of nitrogens with one attached hydrogen (secondary N) is 1. The van der Waals surface area contributed by atoms with Crippen molar-refractivity contribution in [3.63, 3.8) is 0 Å². The molecule has 0 radical (unpaired) electrons. The van der Waals surface area contributed by atoms with Crippen LogP contribution in [0.4, 0.5) is 5.13 Å². The molecule has 0 saturated carbocycles. The predicted octanol–water partition coefficient (Wildman–Crippen LogP) is 5.03. The first-order valence-electron chi connectivity index (χ1n) is 7.61. The maximum absolute atomic E-state index is 5.92. The molecular weight excluding hydrogens is 358 g/mol. The van der Waals surface area contributed by atoms with Gasteiger partial charge in [0.15, 0.2) is 11.5 Å². The van der Waals surface area contributed by atoms with Crippen LogP contribution in [-0.4, -0.2) is 17.5 Å². The van der Waals surface area contributed by atoms with Gasteiger partial charge in [-0.2, -0.15) is 5.10 Å². The number of hydrogen-bond acceptors (Lipinski definition) is 6. The summed E-state index contributed by atoms with van der Waals surface area (Å²) in [6.07, 6.45) is 0. The monoisotopic (exact) mass is 371 g/mol. The van der Waals surface area contributed by atoms with Crippen LogP contribution in [0.1, 0.15) is 12.5 Å². The number of anilines is 1. The molecule has 0 unspecified atom stereocenters. The molecule has 25 heavy (non-hydrogen) atoms. The zero-order valence-electron chi connectivity index (χ0n) is 13.3. The highest BCUT2D eigenvalue weighted by molar-refractivity contribution is 7.14. The van der Waals surface area contributed by atoms with Gasteiger partial charge in [-0.1, -0.05) is 23.7 Å². The summed E-state index contributed by atoms with van der Waals surface area (Å²) in [7, 11) is 0. The van der Waals surface area contributed by atoms with Crippen LogP contribution in [0.5, 0.6) is 11.5 Å². The SMILES string of the molecule is C/C(=N\Nc1nc(-c2ccc(Cl)cc2)cs1)c1ccc2c(c1)OCO2. The van der Waals surface area contributed by atoms with Crippen LogP contribution in [0.15, 0.2) is 52.9 Å². The highest BCUT2D eigenvalue weighted by atomic mass is 35.5. The minimum absolute atomic E-state index is 0.264. The molecule has 1 aliphatic rings. The van der Waals surface area contributed by atoms with Gasteiger partial charge in [0.25, 0.3) is 0 Å². The Bertz CT molecular complexity index is 938.